The van der Waals surface area contributed by atoms with Crippen LogP contribution >= 0.6 is 11.6 Å². The molecule has 1 amide bonds. The summed E-state index contributed by atoms with van der Waals surface area (Å²) < 4.78 is 23.6. The standard InChI is InChI=1S/C19H20ClFN6O2/c1-3-27-17(7-11(10-28)26-27)25-16-8-15(13(20)9-23-16)24-18-12(19(29)22-2)5-4-6-14(18)21/h4-9,28H,3,10H2,1-2H3,(H,22,29)(H2,23,24,25)/i/hD. The van der Waals surface area contributed by atoms with Gasteiger partial charge >= 0.3 is 0 Å². The lowest BCUT2D eigenvalue weighted by Crippen LogP contribution is -2.19. The van der Waals surface area contributed by atoms with Gasteiger partial charge < -0.3 is 21.0 Å². The smallest absolute Gasteiger partial charge is 0.253 e. The molecule has 1 aromatic carbocycles. The van der Waals surface area contributed by atoms with Gasteiger partial charge in [-0.2, -0.15) is 5.10 Å². The molecule has 4 N–H and O–H groups in total. The Morgan fingerprint density at radius 1 is 1.38 bits per heavy atom. The van der Waals surface area contributed by atoms with Gasteiger partial charge in [0.15, 0.2) is 1.41 Å². The van der Waals surface area contributed by atoms with Gasteiger partial charge in [-0.25, -0.2) is 14.1 Å². The molecule has 0 atom stereocenters. The first-order valence-corrected chi connectivity index (χ1v) is 9.14. The van der Waals surface area contributed by atoms with E-state index in [4.69, 9.17) is 13.0 Å². The number of aliphatic hydroxyl groups is 1. The van der Waals surface area contributed by atoms with E-state index in [1.54, 1.807) is 16.8 Å². The number of carbonyl (C=O) groups excluding carboxylic acids is 1. The summed E-state index contributed by atoms with van der Waals surface area (Å²) in [4.78, 5) is 16.5. The van der Waals surface area contributed by atoms with Gasteiger partial charge in [0.05, 0.1) is 40.5 Å². The Balaban J connectivity index is 1.94. The molecule has 2 heterocycles. The molecule has 8 nitrogen and oxygen atoms in total. The van der Waals surface area contributed by atoms with Crippen LogP contribution in [-0.4, -0.2) is 32.8 Å². The number of aryl methyl sites for hydroxylation is 1. The second kappa shape index (κ2) is 8.89. The quantitative estimate of drug-likeness (QED) is 0.467. The molecule has 3 aromatic rings. The highest BCUT2D eigenvalue weighted by molar-refractivity contribution is 6.33. The molecule has 0 spiro atoms. The van der Waals surface area contributed by atoms with Gasteiger partial charge in [-0.05, 0) is 19.1 Å². The first-order chi connectivity index (χ1) is 14.3. The van der Waals surface area contributed by atoms with E-state index in [1.165, 1.54) is 31.4 Å². The van der Waals surface area contributed by atoms with Crippen LogP contribution in [0.4, 0.5) is 27.4 Å². The number of aromatic nitrogens is 3. The van der Waals surface area contributed by atoms with Crippen LogP contribution in [0.5, 0.6) is 0 Å². The van der Waals surface area contributed by atoms with Crippen LogP contribution in [-0.2, 0) is 13.2 Å². The highest BCUT2D eigenvalue weighted by atomic mass is 35.5. The van der Waals surface area contributed by atoms with E-state index in [2.05, 4.69) is 20.7 Å². The van der Waals surface area contributed by atoms with Crippen molar-refractivity contribution in [1.29, 1.82) is 0 Å². The minimum absolute atomic E-state index is 0.00784. The minimum Gasteiger partial charge on any atom is -0.390 e. The fourth-order valence-corrected chi connectivity index (χ4v) is 2.86. The molecule has 0 unspecified atom stereocenters. The third-order valence-electron chi connectivity index (χ3n) is 4.11. The fourth-order valence-electron chi connectivity index (χ4n) is 2.71. The molecule has 0 radical (unpaired) electrons. The average molecular weight is 420 g/mol. The number of hydrogen-bond acceptors (Lipinski definition) is 6. The Morgan fingerprint density at radius 2 is 2.17 bits per heavy atom. The van der Waals surface area contributed by atoms with Gasteiger partial charge in [0, 0.05) is 25.7 Å². The maximum absolute atomic E-state index is 14.5. The van der Waals surface area contributed by atoms with E-state index >= 15 is 0 Å². The molecule has 3 rings (SSSR count). The van der Waals surface area contributed by atoms with Crippen LogP contribution in [0, 0.1) is 5.82 Å². The van der Waals surface area contributed by atoms with Crippen LogP contribution < -0.4 is 15.9 Å². The predicted molar refractivity (Wildman–Crippen MR) is 109 cm³/mol. The molecule has 0 aliphatic rings. The predicted octanol–water partition coefficient (Wildman–Crippen LogP) is 3.43. The number of anilines is 4. The van der Waals surface area contributed by atoms with Crippen molar-refractivity contribution in [3.8, 4) is 0 Å². The zero-order chi connectivity index (χ0) is 21.8. The lowest BCUT2D eigenvalue weighted by Gasteiger charge is -2.15. The number of amides is 1. The molecule has 152 valence electrons. The Bertz CT molecular complexity index is 1080. The number of para-hydroxylation sites is 1. The molecule has 0 saturated carbocycles. The summed E-state index contributed by atoms with van der Waals surface area (Å²) in [5, 5.41) is 20.3. The van der Waals surface area contributed by atoms with E-state index in [9.17, 15) is 14.3 Å². The van der Waals surface area contributed by atoms with Crippen molar-refractivity contribution >= 4 is 40.5 Å². The highest BCUT2D eigenvalue weighted by Crippen LogP contribution is 2.31. The van der Waals surface area contributed by atoms with Gasteiger partial charge in [-0.1, -0.05) is 17.7 Å². The summed E-state index contributed by atoms with van der Waals surface area (Å²) in [6, 6.07) is 7.25. The Labute approximate surface area is 173 Å². The molecule has 2 aromatic heterocycles. The third-order valence-corrected chi connectivity index (χ3v) is 4.41. The maximum atomic E-state index is 14.5. The van der Waals surface area contributed by atoms with Crippen molar-refractivity contribution in [2.45, 2.75) is 20.1 Å². The van der Waals surface area contributed by atoms with E-state index in [0.29, 0.717) is 34.9 Å². The summed E-state index contributed by atoms with van der Waals surface area (Å²) >= 11 is 6.22. The number of hydrogen-bond donors (Lipinski definition) is 4. The number of benzene rings is 1. The molecular formula is C19H20ClFN6O2. The van der Waals surface area contributed by atoms with E-state index < -0.39 is 11.7 Å². The topological polar surface area (TPSA) is 104 Å². The monoisotopic (exact) mass is 419 g/mol. The Hall–Kier alpha value is -3.17. The number of nitrogens with one attached hydrogen (secondary N) is 3. The molecule has 10 heteroatoms. The third kappa shape index (κ3) is 4.47. The number of aliphatic hydroxyl groups excluding tert-OH is 1. The van der Waals surface area contributed by atoms with Crippen molar-refractivity contribution in [3.05, 3.63) is 58.6 Å². The van der Waals surface area contributed by atoms with Gasteiger partial charge in [-0.3, -0.25) is 4.79 Å². The molecule has 0 bridgehead atoms. The maximum Gasteiger partial charge on any atom is 0.253 e. The lowest BCUT2D eigenvalue weighted by molar-refractivity contribution is 0.0963. The number of halogens is 2. The van der Waals surface area contributed by atoms with Crippen LogP contribution in [0.2, 0.25) is 6.43 Å². The van der Waals surface area contributed by atoms with Crippen LogP contribution in [0.25, 0.3) is 0 Å². The van der Waals surface area contributed by atoms with Gasteiger partial charge in [0.2, 0.25) is 0 Å². The zero-order valence-electron chi connectivity index (χ0n) is 16.8. The van der Waals surface area contributed by atoms with Crippen LogP contribution in [0.3, 0.4) is 0 Å². The number of nitrogens with zero attached hydrogens (tertiary/aromatic N) is 3. The molecular weight excluding hydrogens is 399 g/mol. The summed E-state index contributed by atoms with van der Waals surface area (Å²) in [6.45, 7) is 2.28. The summed E-state index contributed by atoms with van der Waals surface area (Å²) in [7, 11) is 1.26. The van der Waals surface area contributed by atoms with E-state index in [1.807, 2.05) is 6.92 Å². The van der Waals surface area contributed by atoms with Crippen molar-refractivity contribution in [1.82, 2.24) is 20.1 Å². The number of carbonyl (C=O) groups is 1. The van der Waals surface area contributed by atoms with Gasteiger partial charge in [0.25, 0.3) is 5.91 Å². The lowest BCUT2D eigenvalue weighted by atomic mass is 10.1. The van der Waals surface area contributed by atoms with Crippen molar-refractivity contribution in [3.63, 3.8) is 0 Å². The summed E-state index contributed by atoms with van der Waals surface area (Å²) in [6.07, 6.45) is 1.38. The first-order valence-electron chi connectivity index (χ1n) is 9.21. The van der Waals surface area contributed by atoms with Gasteiger partial charge in [-0.15, -0.1) is 0 Å². The average Bonchev–Trinajstić information content (AvgIpc) is 3.13. The molecule has 0 aliphatic carbocycles. The first kappa shape index (κ1) is 19.2. The van der Waals surface area contributed by atoms with E-state index in [-0.39, 0.29) is 22.9 Å². The Kier molecular flexibility index (Phi) is 5.87. The normalized spacial score (nSPS) is 11.1. The summed E-state index contributed by atoms with van der Waals surface area (Å²) in [5.41, 5.74) is 0.708. The number of pyridine rings is 1. The molecule has 0 saturated heterocycles. The molecule has 0 aliphatic heterocycles. The van der Waals surface area contributed by atoms with Crippen molar-refractivity contribution in [2.75, 3.05) is 17.7 Å². The fraction of sp³-hybridized carbons (Fsp3) is 0.211. The summed E-state index contributed by atoms with van der Waals surface area (Å²) in [5.74, 6) is -0.339. The van der Waals surface area contributed by atoms with Crippen molar-refractivity contribution < 1.29 is 15.7 Å². The minimum atomic E-state index is -0.677. The largest absolute Gasteiger partial charge is 0.390 e. The van der Waals surface area contributed by atoms with Crippen LogP contribution in [0.15, 0.2) is 36.5 Å². The SMILES string of the molecule is [2H]N(C)C(=O)c1cccc(F)c1Nc1cc(Nc2cc(CO)nn2CC)ncc1Cl. The second-order valence-electron chi connectivity index (χ2n) is 5.99. The Morgan fingerprint density at radius 3 is 2.86 bits per heavy atom. The van der Waals surface area contributed by atoms with Gasteiger partial charge in [0.1, 0.15) is 17.5 Å². The molecule has 29 heavy (non-hydrogen) atoms. The van der Waals surface area contributed by atoms with E-state index in [0.717, 1.165) is 0 Å². The zero-order valence-corrected chi connectivity index (χ0v) is 16.5. The van der Waals surface area contributed by atoms with Crippen molar-refractivity contribution in [2.24, 2.45) is 0 Å². The second-order valence-corrected chi connectivity index (χ2v) is 6.39. The number of rotatable bonds is 7. The highest BCUT2D eigenvalue weighted by Gasteiger charge is 2.16. The molecule has 0 fully saturated rings. The van der Waals surface area contributed by atoms with Crippen LogP contribution in [0.1, 0.15) is 23.0 Å².